The monoisotopic (exact) mass is 277 g/mol. The first-order valence-corrected chi connectivity index (χ1v) is 7.45. The van der Waals surface area contributed by atoms with Gasteiger partial charge in [0.15, 0.2) is 0 Å². The molecule has 0 aromatic heterocycles. The Morgan fingerprint density at radius 1 is 1.22 bits per heavy atom. The molecule has 0 spiro atoms. The number of carbonyl (C=O) groups excluding carboxylic acids is 2. The van der Waals surface area contributed by atoms with E-state index in [0.717, 1.165) is 6.26 Å². The van der Waals surface area contributed by atoms with E-state index in [0.29, 0.717) is 24.8 Å². The van der Waals surface area contributed by atoms with Crippen LogP contribution in [0.5, 0.6) is 0 Å². The third-order valence-electron chi connectivity index (χ3n) is 1.93. The van der Waals surface area contributed by atoms with Crippen LogP contribution in [0.4, 0.5) is 0 Å². The molecule has 6 nitrogen and oxygen atoms in total. The molecule has 0 aliphatic heterocycles. The molecule has 0 saturated heterocycles. The third kappa shape index (κ3) is 9.83. The van der Waals surface area contributed by atoms with Crippen molar-refractivity contribution in [2.24, 2.45) is 0 Å². The summed E-state index contributed by atoms with van der Waals surface area (Å²) in [7, 11) is -3.47. The Balaban J connectivity index is 3.55. The van der Waals surface area contributed by atoms with Crippen molar-refractivity contribution in [3.05, 3.63) is 12.2 Å². The number of sulfonamides is 1. The quantitative estimate of drug-likeness (QED) is 0.401. The van der Waals surface area contributed by atoms with E-state index in [1.165, 1.54) is 0 Å². The Morgan fingerprint density at radius 2 is 1.83 bits per heavy atom. The lowest BCUT2D eigenvalue weighted by molar-refractivity contribution is -0.139. The summed E-state index contributed by atoms with van der Waals surface area (Å²) >= 11 is 0. The van der Waals surface area contributed by atoms with E-state index in [1.807, 2.05) is 4.72 Å². The molecule has 0 radical (unpaired) electrons. The van der Waals surface area contributed by atoms with Crippen LogP contribution < -0.4 is 4.72 Å². The molecule has 7 heteroatoms. The van der Waals surface area contributed by atoms with Gasteiger partial charge in [0.25, 0.3) is 0 Å². The molecule has 18 heavy (non-hydrogen) atoms. The van der Waals surface area contributed by atoms with Gasteiger partial charge in [-0.25, -0.2) is 13.2 Å². The molecule has 0 aromatic rings. The number of carbonyl (C=O) groups is 2. The maximum Gasteiger partial charge on any atom is 0.333 e. The van der Waals surface area contributed by atoms with Crippen molar-refractivity contribution in [3.63, 3.8) is 0 Å². The second kappa shape index (κ2) is 7.86. The van der Waals surface area contributed by atoms with Crippen molar-refractivity contribution in [1.82, 2.24) is 4.72 Å². The normalized spacial score (nSPS) is 10.8. The Hall–Kier alpha value is -1.37. The first kappa shape index (κ1) is 16.6. The van der Waals surface area contributed by atoms with E-state index in [9.17, 15) is 18.0 Å². The van der Waals surface area contributed by atoms with Crippen LogP contribution in [0.25, 0.3) is 0 Å². The van der Waals surface area contributed by atoms with Crippen molar-refractivity contribution in [3.8, 4) is 0 Å². The maximum atomic E-state index is 11.1. The van der Waals surface area contributed by atoms with Gasteiger partial charge in [-0.2, -0.15) is 0 Å². The molecule has 0 saturated carbocycles. The highest BCUT2D eigenvalue weighted by molar-refractivity contribution is 7.89. The van der Waals surface area contributed by atoms with Crippen molar-refractivity contribution < 1.29 is 22.7 Å². The lowest BCUT2D eigenvalue weighted by Gasteiger charge is -2.04. The highest BCUT2D eigenvalue weighted by Crippen LogP contribution is 2.02. The van der Waals surface area contributed by atoms with E-state index in [2.05, 4.69) is 6.58 Å². The minimum Gasteiger partial charge on any atom is -0.462 e. The lowest BCUT2D eigenvalue weighted by Crippen LogP contribution is -2.28. The van der Waals surface area contributed by atoms with Gasteiger partial charge in [0.05, 0.1) is 12.9 Å². The van der Waals surface area contributed by atoms with Gasteiger partial charge in [-0.05, 0) is 26.2 Å². The second-order valence-electron chi connectivity index (χ2n) is 4.02. The smallest absolute Gasteiger partial charge is 0.333 e. The van der Waals surface area contributed by atoms with Crippen LogP contribution in [0.2, 0.25) is 0 Å². The SMILES string of the molecule is C=C(C)C(=O)OCCCCCC(=O)NS(C)(=O)=O. The molecular formula is C11H19NO5S. The number of rotatable bonds is 8. The zero-order valence-corrected chi connectivity index (χ0v) is 11.5. The predicted molar refractivity (Wildman–Crippen MR) is 67.2 cm³/mol. The average Bonchev–Trinajstić information content (AvgIpc) is 2.19. The predicted octanol–water partition coefficient (Wildman–Crippen LogP) is 0.742. The van der Waals surface area contributed by atoms with Crippen LogP contribution in [0.1, 0.15) is 32.6 Å². The molecule has 0 aliphatic rings. The fourth-order valence-corrected chi connectivity index (χ4v) is 1.63. The van der Waals surface area contributed by atoms with E-state index < -0.39 is 21.9 Å². The fraction of sp³-hybridized carbons (Fsp3) is 0.636. The minimum absolute atomic E-state index is 0.140. The largest absolute Gasteiger partial charge is 0.462 e. The summed E-state index contributed by atoms with van der Waals surface area (Å²) in [5.74, 6) is -0.943. The van der Waals surface area contributed by atoms with Gasteiger partial charge in [-0.3, -0.25) is 9.52 Å². The molecule has 0 bridgehead atoms. The number of ether oxygens (including phenoxy) is 1. The Bertz CT molecular complexity index is 413. The van der Waals surface area contributed by atoms with Gasteiger partial charge in [0.2, 0.25) is 15.9 Å². The summed E-state index contributed by atoms with van der Waals surface area (Å²) in [6.07, 6.45) is 2.93. The van der Waals surface area contributed by atoms with Crippen LogP contribution in [0, 0.1) is 0 Å². The minimum atomic E-state index is -3.47. The molecule has 1 amide bonds. The van der Waals surface area contributed by atoms with Crippen LogP contribution in [-0.2, 0) is 24.3 Å². The molecule has 104 valence electrons. The van der Waals surface area contributed by atoms with Crippen molar-refractivity contribution in [2.45, 2.75) is 32.6 Å². The van der Waals surface area contributed by atoms with E-state index >= 15 is 0 Å². The second-order valence-corrected chi connectivity index (χ2v) is 5.77. The molecule has 1 N–H and O–H groups in total. The Kier molecular flexibility index (Phi) is 7.26. The van der Waals surface area contributed by atoms with Crippen molar-refractivity contribution in [1.29, 1.82) is 0 Å². The molecule has 0 heterocycles. The Morgan fingerprint density at radius 3 is 2.33 bits per heavy atom. The van der Waals surface area contributed by atoms with Gasteiger partial charge in [-0.1, -0.05) is 6.58 Å². The fourth-order valence-electron chi connectivity index (χ4n) is 1.11. The summed E-state index contributed by atoms with van der Waals surface area (Å²) in [5.41, 5.74) is 0.350. The third-order valence-corrected chi connectivity index (χ3v) is 2.53. The van der Waals surface area contributed by atoms with Gasteiger partial charge >= 0.3 is 5.97 Å². The number of esters is 1. The topological polar surface area (TPSA) is 89.5 Å². The van der Waals surface area contributed by atoms with Crippen molar-refractivity contribution >= 4 is 21.9 Å². The van der Waals surface area contributed by atoms with Gasteiger partial charge in [0.1, 0.15) is 0 Å². The molecule has 0 aromatic carbocycles. The van der Waals surface area contributed by atoms with Crippen molar-refractivity contribution in [2.75, 3.05) is 12.9 Å². The highest BCUT2D eigenvalue weighted by atomic mass is 32.2. The molecule has 0 atom stereocenters. The first-order valence-electron chi connectivity index (χ1n) is 5.55. The van der Waals surface area contributed by atoms with Crippen LogP contribution in [0.15, 0.2) is 12.2 Å². The molecule has 0 unspecified atom stereocenters. The number of unbranched alkanes of at least 4 members (excludes halogenated alkanes) is 2. The van der Waals surface area contributed by atoms with Gasteiger partial charge < -0.3 is 4.74 Å². The van der Waals surface area contributed by atoms with E-state index in [4.69, 9.17) is 4.74 Å². The number of hydrogen-bond donors (Lipinski definition) is 1. The van der Waals surface area contributed by atoms with E-state index in [-0.39, 0.29) is 13.0 Å². The average molecular weight is 277 g/mol. The first-order chi connectivity index (χ1) is 8.22. The van der Waals surface area contributed by atoms with Crippen LogP contribution in [0.3, 0.4) is 0 Å². The maximum absolute atomic E-state index is 11.1. The van der Waals surface area contributed by atoms with Gasteiger partial charge in [0, 0.05) is 12.0 Å². The van der Waals surface area contributed by atoms with Gasteiger partial charge in [-0.15, -0.1) is 0 Å². The zero-order valence-electron chi connectivity index (χ0n) is 10.7. The molecular weight excluding hydrogens is 258 g/mol. The Labute approximate surface area is 107 Å². The van der Waals surface area contributed by atoms with Crippen LogP contribution in [-0.4, -0.2) is 33.2 Å². The standard InChI is InChI=1S/C11H19NO5S/c1-9(2)11(14)17-8-6-4-5-7-10(13)12-18(3,15)16/h1,4-8H2,2-3H3,(H,12,13). The highest BCUT2D eigenvalue weighted by Gasteiger charge is 2.07. The molecule has 0 fully saturated rings. The lowest BCUT2D eigenvalue weighted by atomic mass is 10.2. The van der Waals surface area contributed by atoms with Crippen LogP contribution >= 0.6 is 0 Å². The molecule has 0 rings (SSSR count). The summed E-state index contributed by atoms with van der Waals surface area (Å²) in [6.45, 7) is 5.29. The molecule has 0 aliphatic carbocycles. The summed E-state index contributed by atoms with van der Waals surface area (Å²) in [6, 6.07) is 0. The van der Waals surface area contributed by atoms with E-state index in [1.54, 1.807) is 6.92 Å². The summed E-state index contributed by atoms with van der Waals surface area (Å²) in [4.78, 5) is 22.1. The number of hydrogen-bond acceptors (Lipinski definition) is 5. The zero-order chi connectivity index (χ0) is 14.2. The number of amides is 1. The number of nitrogens with one attached hydrogen (secondary N) is 1. The summed E-state index contributed by atoms with van der Waals surface area (Å²) in [5, 5.41) is 0. The summed E-state index contributed by atoms with van der Waals surface area (Å²) < 4.78 is 28.2.